The van der Waals surface area contributed by atoms with Crippen LogP contribution in [0.3, 0.4) is 0 Å². The molecular weight excluding hydrogens is 248 g/mol. The van der Waals surface area contributed by atoms with Gasteiger partial charge in [-0.3, -0.25) is 0 Å². The molecule has 3 unspecified atom stereocenters. The Bertz CT molecular complexity index is 704. The van der Waals surface area contributed by atoms with Crippen molar-refractivity contribution in [3.8, 4) is 6.07 Å². The standard InChI is InChI=1S/C16H14N4/c17-9-13-16(19-8-7-18-13)20-15-12-6-5-10-3-1-2-4-11(10)14(12)15/h1-4,7-8,12,14-15H,5-6H2,(H,19,20). The fourth-order valence-corrected chi connectivity index (χ4v) is 3.45. The van der Waals surface area contributed by atoms with E-state index in [4.69, 9.17) is 5.26 Å². The van der Waals surface area contributed by atoms with Crippen molar-refractivity contribution >= 4 is 5.82 Å². The lowest BCUT2D eigenvalue weighted by atomic mass is 9.92. The molecule has 0 bridgehead atoms. The van der Waals surface area contributed by atoms with E-state index in [0.717, 1.165) is 6.42 Å². The Labute approximate surface area is 117 Å². The summed E-state index contributed by atoms with van der Waals surface area (Å²) in [7, 11) is 0. The monoisotopic (exact) mass is 262 g/mol. The highest BCUT2D eigenvalue weighted by Crippen LogP contribution is 2.55. The Balaban J connectivity index is 1.61. The molecule has 4 nitrogen and oxygen atoms in total. The molecular formula is C16H14N4. The van der Waals surface area contributed by atoms with Crippen LogP contribution < -0.4 is 5.32 Å². The molecule has 1 aromatic carbocycles. The molecule has 0 aliphatic heterocycles. The summed E-state index contributed by atoms with van der Waals surface area (Å²) in [4.78, 5) is 8.30. The summed E-state index contributed by atoms with van der Waals surface area (Å²) in [6.07, 6.45) is 5.55. The Hall–Kier alpha value is -2.41. The van der Waals surface area contributed by atoms with Gasteiger partial charge in [-0.25, -0.2) is 9.97 Å². The van der Waals surface area contributed by atoms with E-state index < -0.39 is 0 Å². The van der Waals surface area contributed by atoms with Crippen molar-refractivity contribution in [2.45, 2.75) is 24.8 Å². The minimum atomic E-state index is 0.379. The maximum atomic E-state index is 9.08. The molecule has 1 aromatic heterocycles. The Kier molecular flexibility index (Phi) is 2.46. The summed E-state index contributed by atoms with van der Waals surface area (Å²) in [6.45, 7) is 0. The molecule has 20 heavy (non-hydrogen) atoms. The number of benzene rings is 1. The quantitative estimate of drug-likeness (QED) is 0.903. The second-order valence-electron chi connectivity index (χ2n) is 5.46. The van der Waals surface area contributed by atoms with E-state index in [2.05, 4.69) is 45.6 Å². The highest BCUT2D eigenvalue weighted by Gasteiger charge is 2.53. The first-order valence-corrected chi connectivity index (χ1v) is 6.94. The minimum Gasteiger partial charge on any atom is -0.364 e. The third-order valence-electron chi connectivity index (χ3n) is 4.44. The lowest BCUT2D eigenvalue weighted by Crippen LogP contribution is -2.09. The number of aromatic nitrogens is 2. The molecule has 4 rings (SSSR count). The summed E-state index contributed by atoms with van der Waals surface area (Å²) in [6, 6.07) is 11.2. The molecule has 0 spiro atoms. The van der Waals surface area contributed by atoms with Gasteiger partial charge in [0.15, 0.2) is 11.5 Å². The first-order valence-electron chi connectivity index (χ1n) is 6.94. The number of nitrogens with zero attached hydrogens (tertiary/aromatic N) is 3. The Morgan fingerprint density at radius 1 is 1.20 bits per heavy atom. The van der Waals surface area contributed by atoms with Crippen LogP contribution in [0.25, 0.3) is 0 Å². The molecule has 0 amide bonds. The number of hydrogen-bond acceptors (Lipinski definition) is 4. The summed E-state index contributed by atoms with van der Waals surface area (Å²) in [5.74, 6) is 1.85. The zero-order chi connectivity index (χ0) is 13.5. The molecule has 1 saturated carbocycles. The smallest absolute Gasteiger partial charge is 0.182 e. The predicted octanol–water partition coefficient (Wildman–Crippen LogP) is 2.49. The van der Waals surface area contributed by atoms with Gasteiger partial charge in [-0.05, 0) is 29.9 Å². The lowest BCUT2D eigenvalue weighted by molar-refractivity contribution is 0.661. The van der Waals surface area contributed by atoms with E-state index in [1.807, 2.05) is 0 Å². The van der Waals surface area contributed by atoms with Crippen molar-refractivity contribution < 1.29 is 0 Å². The van der Waals surface area contributed by atoms with E-state index in [-0.39, 0.29) is 0 Å². The second kappa shape index (κ2) is 4.31. The van der Waals surface area contributed by atoms with Crippen molar-refractivity contribution in [2.75, 3.05) is 5.32 Å². The third-order valence-corrected chi connectivity index (χ3v) is 4.44. The molecule has 1 heterocycles. The topological polar surface area (TPSA) is 61.6 Å². The van der Waals surface area contributed by atoms with Gasteiger partial charge in [0.1, 0.15) is 6.07 Å². The number of aryl methyl sites for hydroxylation is 1. The SMILES string of the molecule is N#Cc1nccnc1NC1C2CCc3ccccc3C21. The summed E-state index contributed by atoms with van der Waals surface area (Å²) in [5, 5.41) is 12.5. The number of fused-ring (bicyclic) bond motifs is 3. The van der Waals surface area contributed by atoms with Gasteiger partial charge in [-0.2, -0.15) is 5.26 Å². The van der Waals surface area contributed by atoms with Crippen LogP contribution in [-0.4, -0.2) is 16.0 Å². The Morgan fingerprint density at radius 2 is 2.05 bits per heavy atom. The zero-order valence-corrected chi connectivity index (χ0v) is 11.0. The van der Waals surface area contributed by atoms with E-state index in [1.54, 1.807) is 12.4 Å². The summed E-state index contributed by atoms with van der Waals surface area (Å²) >= 11 is 0. The van der Waals surface area contributed by atoms with Crippen LogP contribution in [0.1, 0.15) is 29.2 Å². The summed E-state index contributed by atoms with van der Waals surface area (Å²) < 4.78 is 0. The van der Waals surface area contributed by atoms with Crippen molar-refractivity contribution in [1.82, 2.24) is 9.97 Å². The number of nitriles is 1. The van der Waals surface area contributed by atoms with E-state index in [1.165, 1.54) is 17.5 Å². The first-order chi connectivity index (χ1) is 9.88. The van der Waals surface area contributed by atoms with Gasteiger partial charge >= 0.3 is 0 Å². The van der Waals surface area contributed by atoms with Gasteiger partial charge in [-0.15, -0.1) is 0 Å². The van der Waals surface area contributed by atoms with Crippen molar-refractivity contribution in [3.63, 3.8) is 0 Å². The highest BCUT2D eigenvalue weighted by molar-refractivity contribution is 5.52. The van der Waals surface area contributed by atoms with Crippen molar-refractivity contribution in [1.29, 1.82) is 5.26 Å². The fraction of sp³-hybridized carbons (Fsp3) is 0.312. The van der Waals surface area contributed by atoms with Crippen LogP contribution in [0, 0.1) is 17.2 Å². The Morgan fingerprint density at radius 3 is 2.95 bits per heavy atom. The maximum absolute atomic E-state index is 9.08. The maximum Gasteiger partial charge on any atom is 0.182 e. The molecule has 1 fully saturated rings. The molecule has 3 atom stereocenters. The van der Waals surface area contributed by atoms with E-state index in [0.29, 0.717) is 29.4 Å². The molecule has 2 aliphatic rings. The van der Waals surface area contributed by atoms with Crippen LogP contribution in [0.5, 0.6) is 0 Å². The fourth-order valence-electron chi connectivity index (χ4n) is 3.45. The van der Waals surface area contributed by atoms with Crippen molar-refractivity contribution in [2.24, 2.45) is 5.92 Å². The van der Waals surface area contributed by atoms with Gasteiger partial charge < -0.3 is 5.32 Å². The highest BCUT2D eigenvalue weighted by atomic mass is 15.1. The largest absolute Gasteiger partial charge is 0.364 e. The van der Waals surface area contributed by atoms with Crippen LogP contribution in [0.4, 0.5) is 5.82 Å². The number of hydrogen-bond donors (Lipinski definition) is 1. The average Bonchev–Trinajstić information content (AvgIpc) is 3.21. The van der Waals surface area contributed by atoms with E-state index in [9.17, 15) is 0 Å². The minimum absolute atomic E-state index is 0.379. The molecule has 4 heteroatoms. The molecule has 2 aliphatic carbocycles. The average molecular weight is 262 g/mol. The molecule has 0 radical (unpaired) electrons. The van der Waals surface area contributed by atoms with Crippen LogP contribution in [0.15, 0.2) is 36.7 Å². The summed E-state index contributed by atoms with van der Waals surface area (Å²) in [5.41, 5.74) is 3.31. The molecule has 1 N–H and O–H groups in total. The second-order valence-corrected chi connectivity index (χ2v) is 5.46. The van der Waals surface area contributed by atoms with Gasteiger partial charge in [0, 0.05) is 24.4 Å². The zero-order valence-electron chi connectivity index (χ0n) is 11.0. The molecule has 98 valence electrons. The van der Waals surface area contributed by atoms with Crippen LogP contribution in [0.2, 0.25) is 0 Å². The van der Waals surface area contributed by atoms with E-state index >= 15 is 0 Å². The van der Waals surface area contributed by atoms with Crippen LogP contribution in [-0.2, 0) is 6.42 Å². The number of nitrogens with one attached hydrogen (secondary N) is 1. The molecule has 2 aromatic rings. The van der Waals surface area contributed by atoms with Crippen LogP contribution >= 0.6 is 0 Å². The third kappa shape index (κ3) is 1.67. The normalized spacial score (nSPS) is 26.1. The molecule has 0 saturated heterocycles. The predicted molar refractivity (Wildman–Crippen MR) is 75.2 cm³/mol. The number of rotatable bonds is 2. The van der Waals surface area contributed by atoms with Crippen molar-refractivity contribution in [3.05, 3.63) is 53.5 Å². The van der Waals surface area contributed by atoms with Gasteiger partial charge in [0.2, 0.25) is 0 Å². The van der Waals surface area contributed by atoms with Gasteiger partial charge in [0.25, 0.3) is 0 Å². The van der Waals surface area contributed by atoms with Gasteiger partial charge in [0.05, 0.1) is 0 Å². The first kappa shape index (κ1) is 11.4. The number of anilines is 1. The van der Waals surface area contributed by atoms with Gasteiger partial charge in [-0.1, -0.05) is 24.3 Å². The lowest BCUT2D eigenvalue weighted by Gasteiger charge is -2.13.